The van der Waals surface area contributed by atoms with Gasteiger partial charge in [0.2, 0.25) is 6.86 Å². The Morgan fingerprint density at radius 1 is 1.50 bits per heavy atom. The van der Waals surface area contributed by atoms with Gasteiger partial charge in [-0.05, 0) is 24.6 Å². The molecule has 0 fully saturated rings. The summed E-state index contributed by atoms with van der Waals surface area (Å²) in [7, 11) is 0. The first-order valence-electron chi connectivity index (χ1n) is 3.29. The Labute approximate surface area is 73.9 Å². The lowest BCUT2D eigenvalue weighted by molar-refractivity contribution is 0.184. The topological polar surface area (TPSA) is 9.23 Å². The lowest BCUT2D eigenvalue weighted by atomic mass is 10.2. The molecule has 0 radical (unpaired) electrons. The maximum absolute atomic E-state index is 12.9. The molecule has 4 heteroatoms. The Morgan fingerprint density at radius 2 is 2.17 bits per heavy atom. The average molecular weight is 193 g/mol. The van der Waals surface area contributed by atoms with Crippen molar-refractivity contribution in [1.29, 1.82) is 0 Å². The largest absolute Gasteiger partial charge is 0.460 e. The van der Waals surface area contributed by atoms with E-state index in [0.717, 1.165) is 5.56 Å². The molecule has 0 heterocycles. The number of hydrogen-bond donors (Lipinski definition) is 0. The summed E-state index contributed by atoms with van der Waals surface area (Å²) in [6, 6.07) is 2.84. The van der Waals surface area contributed by atoms with Crippen LogP contribution < -0.4 is 4.74 Å². The van der Waals surface area contributed by atoms with Crippen LogP contribution in [0.5, 0.6) is 5.75 Å². The van der Waals surface area contributed by atoms with Crippen LogP contribution in [0.25, 0.3) is 0 Å². The molecule has 1 rings (SSSR count). The molecular formula is C8H7ClF2O. The Bertz CT molecular complexity index is 289. The second kappa shape index (κ2) is 3.72. The number of halogens is 3. The lowest BCUT2D eigenvalue weighted by Gasteiger charge is -2.04. The van der Waals surface area contributed by atoms with Gasteiger partial charge in [0.05, 0.1) is 5.02 Å². The third kappa shape index (κ3) is 1.85. The van der Waals surface area contributed by atoms with Gasteiger partial charge in [-0.2, -0.15) is 0 Å². The molecule has 0 aliphatic rings. The van der Waals surface area contributed by atoms with Crippen molar-refractivity contribution in [2.45, 2.75) is 6.92 Å². The number of hydrogen-bond acceptors (Lipinski definition) is 1. The van der Waals surface area contributed by atoms with Gasteiger partial charge in [-0.25, -0.2) is 8.78 Å². The summed E-state index contributed by atoms with van der Waals surface area (Å²) < 4.78 is 29.0. The monoisotopic (exact) mass is 192 g/mol. The maximum atomic E-state index is 12.9. The lowest BCUT2D eigenvalue weighted by Crippen LogP contribution is -1.94. The summed E-state index contributed by atoms with van der Waals surface area (Å²) in [5.41, 5.74) is 0.727. The summed E-state index contributed by atoms with van der Waals surface area (Å²) in [4.78, 5) is 0. The number of ether oxygens (including phenoxy) is 1. The molecule has 12 heavy (non-hydrogen) atoms. The van der Waals surface area contributed by atoms with E-state index in [4.69, 9.17) is 11.6 Å². The highest BCUT2D eigenvalue weighted by Crippen LogP contribution is 2.26. The zero-order chi connectivity index (χ0) is 9.14. The molecule has 0 aliphatic heterocycles. The van der Waals surface area contributed by atoms with Crippen molar-refractivity contribution in [2.75, 3.05) is 6.86 Å². The Hall–Kier alpha value is -0.830. The molecule has 0 N–H and O–H groups in total. The third-order valence-electron chi connectivity index (χ3n) is 1.35. The van der Waals surface area contributed by atoms with Crippen LogP contribution in [-0.2, 0) is 0 Å². The van der Waals surface area contributed by atoms with E-state index in [1.807, 2.05) is 0 Å². The van der Waals surface area contributed by atoms with Crippen LogP contribution in [0.4, 0.5) is 8.78 Å². The minimum atomic E-state index is -1.06. The molecule has 1 aromatic carbocycles. The molecule has 0 atom stereocenters. The van der Waals surface area contributed by atoms with E-state index < -0.39 is 12.7 Å². The number of alkyl halides is 1. The molecule has 0 saturated carbocycles. The Morgan fingerprint density at radius 3 is 2.75 bits per heavy atom. The van der Waals surface area contributed by atoms with Crippen molar-refractivity contribution in [1.82, 2.24) is 0 Å². The van der Waals surface area contributed by atoms with Crippen LogP contribution >= 0.6 is 11.6 Å². The Balaban J connectivity index is 3.09. The molecule has 0 amide bonds. The third-order valence-corrected chi connectivity index (χ3v) is 1.62. The molecule has 1 aromatic rings. The second-order valence-corrected chi connectivity index (χ2v) is 2.72. The van der Waals surface area contributed by atoms with Crippen LogP contribution in [0.2, 0.25) is 5.02 Å². The van der Waals surface area contributed by atoms with E-state index in [9.17, 15) is 8.78 Å². The second-order valence-electron chi connectivity index (χ2n) is 2.31. The van der Waals surface area contributed by atoms with E-state index >= 15 is 0 Å². The fourth-order valence-corrected chi connectivity index (χ4v) is 1.12. The zero-order valence-electron chi connectivity index (χ0n) is 6.40. The fraction of sp³-hybridized carbons (Fsp3) is 0.250. The molecule has 0 unspecified atom stereocenters. The number of aryl methyl sites for hydroxylation is 1. The minimum absolute atomic E-state index is 0.0570. The van der Waals surface area contributed by atoms with Crippen LogP contribution in [0.3, 0.4) is 0 Å². The van der Waals surface area contributed by atoms with Crippen LogP contribution in [0.15, 0.2) is 12.1 Å². The summed E-state index contributed by atoms with van der Waals surface area (Å²) >= 11 is 5.48. The SMILES string of the molecule is Cc1cc(Cl)c(F)c(OCF)c1. The summed E-state index contributed by atoms with van der Waals surface area (Å²) in [5, 5.41) is -0.0570. The van der Waals surface area contributed by atoms with Gasteiger partial charge in [-0.15, -0.1) is 0 Å². The van der Waals surface area contributed by atoms with Crippen LogP contribution in [0, 0.1) is 12.7 Å². The first kappa shape index (κ1) is 9.26. The van der Waals surface area contributed by atoms with Gasteiger partial charge in [-0.1, -0.05) is 11.6 Å². The molecule has 66 valence electrons. The van der Waals surface area contributed by atoms with Crippen LogP contribution in [0.1, 0.15) is 5.56 Å². The van der Waals surface area contributed by atoms with Crippen molar-refractivity contribution in [2.24, 2.45) is 0 Å². The predicted octanol–water partition coefficient (Wildman–Crippen LogP) is 3.09. The number of benzene rings is 1. The van der Waals surface area contributed by atoms with Crippen molar-refractivity contribution in [3.8, 4) is 5.75 Å². The Kier molecular flexibility index (Phi) is 2.87. The first-order valence-corrected chi connectivity index (χ1v) is 3.67. The van der Waals surface area contributed by atoms with Crippen LogP contribution in [-0.4, -0.2) is 6.86 Å². The van der Waals surface area contributed by atoms with Gasteiger partial charge in [0.1, 0.15) is 0 Å². The highest BCUT2D eigenvalue weighted by atomic mass is 35.5. The molecular weight excluding hydrogens is 186 g/mol. The standard InChI is InChI=1S/C8H7ClF2O/c1-5-2-6(9)8(11)7(3-5)12-4-10/h2-3H,4H2,1H3. The highest BCUT2D eigenvalue weighted by molar-refractivity contribution is 6.30. The molecule has 0 saturated heterocycles. The molecule has 0 bridgehead atoms. The number of rotatable bonds is 2. The molecule has 1 nitrogen and oxygen atoms in total. The molecule has 0 aliphatic carbocycles. The molecule has 0 spiro atoms. The average Bonchev–Trinajstić information content (AvgIpc) is 2.00. The van der Waals surface area contributed by atoms with Crippen molar-refractivity contribution >= 4 is 11.6 Å². The summed E-state index contributed by atoms with van der Waals surface area (Å²) in [5.74, 6) is -0.873. The van der Waals surface area contributed by atoms with Crippen molar-refractivity contribution < 1.29 is 13.5 Å². The van der Waals surface area contributed by atoms with Crippen molar-refractivity contribution in [3.63, 3.8) is 0 Å². The van der Waals surface area contributed by atoms with Crippen molar-refractivity contribution in [3.05, 3.63) is 28.5 Å². The van der Waals surface area contributed by atoms with Gasteiger partial charge in [0, 0.05) is 0 Å². The highest BCUT2D eigenvalue weighted by Gasteiger charge is 2.08. The fourth-order valence-electron chi connectivity index (χ4n) is 0.857. The smallest absolute Gasteiger partial charge is 0.228 e. The summed E-state index contributed by atoms with van der Waals surface area (Å²) in [6.45, 7) is 0.660. The van der Waals surface area contributed by atoms with E-state index in [0.29, 0.717) is 0 Å². The summed E-state index contributed by atoms with van der Waals surface area (Å²) in [6.07, 6.45) is 0. The first-order chi connectivity index (χ1) is 5.65. The van der Waals surface area contributed by atoms with E-state index in [1.165, 1.54) is 12.1 Å². The van der Waals surface area contributed by atoms with Gasteiger partial charge >= 0.3 is 0 Å². The van der Waals surface area contributed by atoms with E-state index in [-0.39, 0.29) is 10.8 Å². The van der Waals surface area contributed by atoms with Gasteiger partial charge < -0.3 is 4.74 Å². The predicted molar refractivity (Wildman–Crippen MR) is 42.8 cm³/mol. The normalized spacial score (nSPS) is 10.0. The van der Waals surface area contributed by atoms with Gasteiger partial charge in [-0.3, -0.25) is 0 Å². The van der Waals surface area contributed by atoms with E-state index in [2.05, 4.69) is 4.74 Å². The van der Waals surface area contributed by atoms with E-state index in [1.54, 1.807) is 6.92 Å². The van der Waals surface area contributed by atoms with Gasteiger partial charge in [0.15, 0.2) is 11.6 Å². The zero-order valence-corrected chi connectivity index (χ0v) is 7.16. The quantitative estimate of drug-likeness (QED) is 0.700. The van der Waals surface area contributed by atoms with Gasteiger partial charge in [0.25, 0.3) is 0 Å². The minimum Gasteiger partial charge on any atom is -0.460 e. The maximum Gasteiger partial charge on any atom is 0.228 e. The molecule has 0 aromatic heterocycles.